The van der Waals surface area contributed by atoms with Crippen LogP contribution >= 0.6 is 0 Å². The third-order valence-corrected chi connectivity index (χ3v) is 3.38. The predicted octanol–water partition coefficient (Wildman–Crippen LogP) is 4.18. The second kappa shape index (κ2) is 6.36. The van der Waals surface area contributed by atoms with Crippen LogP contribution in [0, 0.1) is 6.92 Å². The largest absolute Gasteiger partial charge is 0.465 e. The lowest BCUT2D eigenvalue weighted by Gasteiger charge is -2.03. The minimum absolute atomic E-state index is 0.385. The lowest BCUT2D eigenvalue weighted by Crippen LogP contribution is -2.00. The van der Waals surface area contributed by atoms with Gasteiger partial charge in [0.05, 0.1) is 18.9 Å². The van der Waals surface area contributed by atoms with Crippen molar-refractivity contribution in [2.45, 2.75) is 6.92 Å². The average molecular weight is 308 g/mol. The molecule has 0 unspecified atom stereocenters. The van der Waals surface area contributed by atoms with Gasteiger partial charge in [-0.2, -0.15) is 0 Å². The molecule has 23 heavy (non-hydrogen) atoms. The number of benzene rings is 2. The quantitative estimate of drug-likeness (QED) is 0.732. The molecule has 1 aromatic heterocycles. The Kier molecular flexibility index (Phi) is 4.10. The summed E-state index contributed by atoms with van der Waals surface area (Å²) in [5.74, 6) is 0.190. The summed E-state index contributed by atoms with van der Waals surface area (Å²) in [4.78, 5) is 15.8. The smallest absolute Gasteiger partial charge is 0.337 e. The van der Waals surface area contributed by atoms with Crippen molar-refractivity contribution in [3.63, 3.8) is 0 Å². The number of nitrogens with one attached hydrogen (secondary N) is 1. The van der Waals surface area contributed by atoms with Gasteiger partial charge in [0.1, 0.15) is 0 Å². The molecule has 3 aromatic rings. The Morgan fingerprint density at radius 3 is 2.70 bits per heavy atom. The van der Waals surface area contributed by atoms with Crippen LogP contribution in [-0.4, -0.2) is 18.1 Å². The number of hydrogen-bond donors (Lipinski definition) is 1. The van der Waals surface area contributed by atoms with E-state index >= 15 is 0 Å². The van der Waals surface area contributed by atoms with Crippen LogP contribution in [-0.2, 0) is 4.74 Å². The van der Waals surface area contributed by atoms with Gasteiger partial charge in [0.2, 0.25) is 0 Å². The van der Waals surface area contributed by atoms with Crippen molar-refractivity contribution in [2.75, 3.05) is 12.4 Å². The zero-order chi connectivity index (χ0) is 16.2. The minimum Gasteiger partial charge on any atom is -0.465 e. The molecule has 1 N–H and O–H groups in total. The summed E-state index contributed by atoms with van der Waals surface area (Å²) in [6.07, 6.45) is 1.62. The van der Waals surface area contributed by atoms with Gasteiger partial charge in [-0.3, -0.25) is 0 Å². The molecule has 2 aromatic carbocycles. The Labute approximate surface area is 133 Å². The van der Waals surface area contributed by atoms with Crippen LogP contribution in [0.3, 0.4) is 0 Å². The van der Waals surface area contributed by atoms with Crippen molar-refractivity contribution >= 4 is 17.7 Å². The van der Waals surface area contributed by atoms with Crippen molar-refractivity contribution in [1.82, 2.24) is 4.98 Å². The lowest BCUT2D eigenvalue weighted by molar-refractivity contribution is 0.0601. The van der Waals surface area contributed by atoms with Gasteiger partial charge in [0.25, 0.3) is 6.01 Å². The summed E-state index contributed by atoms with van der Waals surface area (Å²) in [6.45, 7) is 2.03. The molecule has 0 saturated heterocycles. The Morgan fingerprint density at radius 2 is 1.96 bits per heavy atom. The second-order valence-corrected chi connectivity index (χ2v) is 5.09. The fourth-order valence-electron chi connectivity index (χ4n) is 2.14. The third kappa shape index (κ3) is 3.40. The van der Waals surface area contributed by atoms with Gasteiger partial charge in [0, 0.05) is 11.3 Å². The molecule has 0 spiro atoms. The molecule has 0 radical (unpaired) electrons. The van der Waals surface area contributed by atoms with Gasteiger partial charge in [-0.1, -0.05) is 29.8 Å². The van der Waals surface area contributed by atoms with E-state index in [0.717, 1.165) is 11.3 Å². The van der Waals surface area contributed by atoms with Crippen LogP contribution in [0.5, 0.6) is 0 Å². The molecule has 0 saturated carbocycles. The summed E-state index contributed by atoms with van der Waals surface area (Å²) >= 11 is 0. The maximum absolute atomic E-state index is 11.6. The number of carbonyl (C=O) groups excluding carboxylic acids is 1. The number of methoxy groups -OCH3 is 1. The molecule has 3 rings (SSSR count). The number of oxazole rings is 1. The van der Waals surface area contributed by atoms with Crippen LogP contribution in [0.2, 0.25) is 0 Å². The molecule has 1 heterocycles. The summed E-state index contributed by atoms with van der Waals surface area (Å²) < 4.78 is 10.4. The molecular weight excluding hydrogens is 292 g/mol. The van der Waals surface area contributed by atoms with Gasteiger partial charge in [0.15, 0.2) is 5.76 Å². The van der Waals surface area contributed by atoms with E-state index in [2.05, 4.69) is 10.3 Å². The molecule has 0 bridgehead atoms. The normalized spacial score (nSPS) is 10.3. The number of aromatic nitrogens is 1. The topological polar surface area (TPSA) is 64.4 Å². The van der Waals surface area contributed by atoms with Crippen molar-refractivity contribution in [2.24, 2.45) is 0 Å². The first-order valence-electron chi connectivity index (χ1n) is 7.14. The van der Waals surface area contributed by atoms with E-state index < -0.39 is 0 Å². The van der Waals surface area contributed by atoms with Crippen LogP contribution in [0.4, 0.5) is 11.7 Å². The van der Waals surface area contributed by atoms with Crippen LogP contribution in [0.1, 0.15) is 15.9 Å². The lowest BCUT2D eigenvalue weighted by atomic mass is 10.1. The monoisotopic (exact) mass is 308 g/mol. The number of nitrogens with zero attached hydrogens (tertiary/aromatic N) is 1. The number of ether oxygens (including phenoxy) is 1. The number of rotatable bonds is 4. The van der Waals surface area contributed by atoms with Gasteiger partial charge >= 0.3 is 5.97 Å². The molecule has 0 aliphatic heterocycles. The zero-order valence-electron chi connectivity index (χ0n) is 12.9. The molecule has 5 nitrogen and oxygen atoms in total. The predicted molar refractivity (Wildman–Crippen MR) is 87.7 cm³/mol. The summed E-state index contributed by atoms with van der Waals surface area (Å²) in [5, 5.41) is 3.10. The standard InChI is InChI=1S/C18H16N2O3/c1-12-6-8-15(9-7-12)20-18-19-11-16(23-18)13-4-3-5-14(10-13)17(21)22-2/h3-11H,1-2H3,(H,19,20). The van der Waals surface area contributed by atoms with E-state index in [-0.39, 0.29) is 5.97 Å². The van der Waals surface area contributed by atoms with Gasteiger partial charge < -0.3 is 14.5 Å². The maximum Gasteiger partial charge on any atom is 0.337 e. The number of carbonyl (C=O) groups is 1. The van der Waals surface area contributed by atoms with E-state index in [1.807, 2.05) is 37.3 Å². The Morgan fingerprint density at radius 1 is 1.17 bits per heavy atom. The van der Waals surface area contributed by atoms with Crippen LogP contribution < -0.4 is 5.32 Å². The summed E-state index contributed by atoms with van der Waals surface area (Å²) in [5.41, 5.74) is 3.31. The third-order valence-electron chi connectivity index (χ3n) is 3.38. The van der Waals surface area contributed by atoms with E-state index in [1.165, 1.54) is 12.7 Å². The van der Waals surface area contributed by atoms with Gasteiger partial charge in [-0.25, -0.2) is 9.78 Å². The number of esters is 1. The van der Waals surface area contributed by atoms with Crippen LogP contribution in [0.15, 0.2) is 59.1 Å². The molecular formula is C18H16N2O3. The fourth-order valence-corrected chi connectivity index (χ4v) is 2.14. The molecule has 0 fully saturated rings. The van der Waals surface area contributed by atoms with E-state index in [9.17, 15) is 4.79 Å². The first kappa shape index (κ1) is 14.8. The van der Waals surface area contributed by atoms with Gasteiger partial charge in [-0.05, 0) is 31.2 Å². The molecule has 0 atom stereocenters. The molecule has 116 valence electrons. The van der Waals surface area contributed by atoms with Crippen molar-refractivity contribution in [3.8, 4) is 11.3 Å². The highest BCUT2D eigenvalue weighted by atomic mass is 16.5. The van der Waals surface area contributed by atoms with E-state index in [0.29, 0.717) is 17.3 Å². The van der Waals surface area contributed by atoms with Crippen molar-refractivity contribution in [3.05, 3.63) is 65.9 Å². The maximum atomic E-state index is 11.6. The first-order chi connectivity index (χ1) is 11.2. The average Bonchev–Trinajstić information content (AvgIpc) is 3.05. The number of hydrogen-bond acceptors (Lipinski definition) is 5. The minimum atomic E-state index is -0.385. The highest BCUT2D eigenvalue weighted by Crippen LogP contribution is 2.25. The highest BCUT2D eigenvalue weighted by molar-refractivity contribution is 5.90. The Hall–Kier alpha value is -3.08. The van der Waals surface area contributed by atoms with Crippen molar-refractivity contribution in [1.29, 1.82) is 0 Å². The number of aryl methyl sites for hydroxylation is 1. The Bertz CT molecular complexity index is 822. The Balaban J connectivity index is 1.81. The SMILES string of the molecule is COC(=O)c1cccc(-c2cnc(Nc3ccc(C)cc3)o2)c1. The highest BCUT2D eigenvalue weighted by Gasteiger charge is 2.10. The molecule has 0 aliphatic carbocycles. The zero-order valence-corrected chi connectivity index (χ0v) is 12.9. The molecule has 5 heteroatoms. The fraction of sp³-hybridized carbons (Fsp3) is 0.111. The van der Waals surface area contributed by atoms with E-state index in [1.54, 1.807) is 24.4 Å². The molecule has 0 amide bonds. The van der Waals surface area contributed by atoms with E-state index in [4.69, 9.17) is 9.15 Å². The summed E-state index contributed by atoms with van der Waals surface area (Å²) in [7, 11) is 1.35. The van der Waals surface area contributed by atoms with Gasteiger partial charge in [-0.15, -0.1) is 0 Å². The van der Waals surface area contributed by atoms with Crippen molar-refractivity contribution < 1.29 is 13.9 Å². The molecule has 0 aliphatic rings. The second-order valence-electron chi connectivity index (χ2n) is 5.09. The van der Waals surface area contributed by atoms with Crippen LogP contribution in [0.25, 0.3) is 11.3 Å². The number of anilines is 2. The first-order valence-corrected chi connectivity index (χ1v) is 7.14. The summed E-state index contributed by atoms with van der Waals surface area (Å²) in [6, 6.07) is 15.3.